The standard InChI is InChI=1S/C38H51N2O7P/c1-5-28-21-38(28,48(4,44)45)22-33(41)32-19-29-23-40(32)36(43)31(26-11-7-6-8-12-26)20-34(42)46-24-37(2,3)16-9-10-25-13-14-27-15-17-39-35(47-29)30(27)18-25/h5,13-15,17-18,26,28-29,31-32H,1,6-12,16,19-24H2,2-4H3,(H,44,45)/t28?,29-,31+,32+,38?/m1/s1. The lowest BCUT2D eigenvalue weighted by Gasteiger charge is -2.34. The molecule has 9 nitrogen and oxygen atoms in total. The Bertz CT molecular complexity index is 1610. The van der Waals surface area contributed by atoms with Gasteiger partial charge in [0.25, 0.3) is 0 Å². The summed E-state index contributed by atoms with van der Waals surface area (Å²) >= 11 is 0. The molecule has 2 saturated carbocycles. The van der Waals surface area contributed by atoms with Crippen molar-refractivity contribution >= 4 is 35.8 Å². The summed E-state index contributed by atoms with van der Waals surface area (Å²) in [6.45, 7) is 9.79. The minimum absolute atomic E-state index is 0.0134. The van der Waals surface area contributed by atoms with Crippen LogP contribution in [0.4, 0.5) is 0 Å². The minimum atomic E-state index is -3.65. The number of carbonyl (C=O) groups is 3. The average Bonchev–Trinajstić information content (AvgIpc) is 3.63. The third-order valence-electron chi connectivity index (χ3n) is 11.5. The van der Waals surface area contributed by atoms with Gasteiger partial charge in [-0.2, -0.15) is 0 Å². The fourth-order valence-corrected chi connectivity index (χ4v) is 10.2. The molecule has 10 heteroatoms. The molecule has 48 heavy (non-hydrogen) atoms. The Balaban J connectivity index is 1.37. The van der Waals surface area contributed by atoms with Crippen LogP contribution >= 0.6 is 7.37 Å². The molecule has 1 aromatic heterocycles. The van der Waals surface area contributed by atoms with E-state index < -0.39 is 30.6 Å². The molecule has 1 saturated heterocycles. The number of rotatable bonds is 6. The second-order valence-corrected chi connectivity index (χ2v) is 18.4. The van der Waals surface area contributed by atoms with E-state index in [0.29, 0.717) is 12.3 Å². The van der Waals surface area contributed by atoms with Gasteiger partial charge in [0.05, 0.1) is 36.7 Å². The summed E-state index contributed by atoms with van der Waals surface area (Å²) in [4.78, 5) is 59.3. The SMILES string of the molecule is C=CC1CC1(CC(=O)[C@@H]1C[C@@H]2CN1C(=O)[C@H](C1CCCCC1)CC(=O)OCC(C)(C)CCCc1ccc3ccnc(c3c1)O2)P(C)(=O)O. The van der Waals surface area contributed by atoms with Crippen LogP contribution in [0.1, 0.15) is 90.0 Å². The number of allylic oxidation sites excluding steroid dienone is 1. The van der Waals surface area contributed by atoms with E-state index in [9.17, 15) is 23.8 Å². The first-order chi connectivity index (χ1) is 22.8. The first-order valence-corrected chi connectivity index (χ1v) is 19.9. The summed E-state index contributed by atoms with van der Waals surface area (Å²) in [5.41, 5.74) is 0.922. The summed E-state index contributed by atoms with van der Waals surface area (Å²) in [5, 5.41) is 0.822. The molecule has 3 unspecified atom stereocenters. The number of ketones is 1. The molecule has 1 amide bonds. The molecule has 1 N–H and O–H groups in total. The molecule has 2 aliphatic heterocycles. The van der Waals surface area contributed by atoms with Gasteiger partial charge in [0, 0.05) is 31.1 Å². The number of hydrogen-bond donors (Lipinski definition) is 1. The first-order valence-electron chi connectivity index (χ1n) is 17.8. The molecule has 0 radical (unpaired) electrons. The zero-order chi connectivity index (χ0) is 34.3. The number of pyridine rings is 1. The van der Waals surface area contributed by atoms with Gasteiger partial charge in [-0.15, -0.1) is 6.58 Å². The van der Waals surface area contributed by atoms with Gasteiger partial charge in [-0.05, 0) is 78.9 Å². The molecule has 2 aliphatic carbocycles. The van der Waals surface area contributed by atoms with Crippen molar-refractivity contribution in [2.75, 3.05) is 19.8 Å². The highest BCUT2D eigenvalue weighted by Gasteiger charge is 2.63. The molecule has 2 aromatic rings. The Morgan fingerprint density at radius 1 is 1.17 bits per heavy atom. The minimum Gasteiger partial charge on any atom is -0.472 e. The monoisotopic (exact) mass is 678 g/mol. The quantitative estimate of drug-likeness (QED) is 0.199. The molecule has 6 rings (SSSR count). The van der Waals surface area contributed by atoms with Gasteiger partial charge in [0.1, 0.15) is 6.10 Å². The molecule has 6 atom stereocenters. The summed E-state index contributed by atoms with van der Waals surface area (Å²) in [6, 6.07) is 7.40. The number of fused-ring (bicyclic) bond motifs is 3. The van der Waals surface area contributed by atoms with Crippen molar-refractivity contribution in [1.29, 1.82) is 0 Å². The van der Waals surface area contributed by atoms with Gasteiger partial charge >= 0.3 is 5.97 Å². The van der Waals surface area contributed by atoms with Gasteiger partial charge in [0.15, 0.2) is 5.78 Å². The van der Waals surface area contributed by atoms with E-state index in [2.05, 4.69) is 43.6 Å². The number of benzene rings is 1. The Kier molecular flexibility index (Phi) is 9.94. The van der Waals surface area contributed by atoms with E-state index in [0.717, 1.165) is 67.7 Å². The van der Waals surface area contributed by atoms with Crippen molar-refractivity contribution in [3.05, 3.63) is 48.7 Å². The van der Waals surface area contributed by atoms with E-state index in [-0.39, 0.29) is 67.3 Å². The van der Waals surface area contributed by atoms with Crippen LogP contribution in [0.5, 0.6) is 5.88 Å². The topological polar surface area (TPSA) is 123 Å². The molecule has 4 bridgehead atoms. The number of aromatic nitrogens is 1. The van der Waals surface area contributed by atoms with Crippen LogP contribution < -0.4 is 4.74 Å². The number of nitrogens with zero attached hydrogens (tertiary/aromatic N) is 2. The zero-order valence-electron chi connectivity index (χ0n) is 28.7. The van der Waals surface area contributed by atoms with Crippen LogP contribution in [0.25, 0.3) is 10.8 Å². The number of carbonyl (C=O) groups excluding carboxylic acids is 3. The third-order valence-corrected chi connectivity index (χ3v) is 13.9. The predicted octanol–water partition coefficient (Wildman–Crippen LogP) is 6.88. The number of hydrogen-bond acceptors (Lipinski definition) is 7. The molecule has 260 valence electrons. The lowest BCUT2D eigenvalue weighted by atomic mass is 9.77. The highest BCUT2D eigenvalue weighted by molar-refractivity contribution is 7.59. The van der Waals surface area contributed by atoms with Crippen LogP contribution in [0, 0.1) is 23.2 Å². The van der Waals surface area contributed by atoms with Crippen molar-refractivity contribution in [2.45, 2.75) is 108 Å². The largest absolute Gasteiger partial charge is 0.472 e. The molecule has 4 aliphatic rings. The van der Waals surface area contributed by atoms with Crippen LogP contribution in [0.15, 0.2) is 43.1 Å². The van der Waals surface area contributed by atoms with Crippen molar-refractivity contribution in [3.8, 4) is 5.88 Å². The normalized spacial score (nSPS) is 31.3. The number of amides is 1. The highest BCUT2D eigenvalue weighted by atomic mass is 31.2. The van der Waals surface area contributed by atoms with E-state index in [1.807, 2.05) is 6.07 Å². The smallest absolute Gasteiger partial charge is 0.306 e. The number of Topliss-reactive ketones (excluding diaryl/α,β-unsaturated/α-hetero) is 1. The van der Waals surface area contributed by atoms with Crippen LogP contribution in [-0.4, -0.2) is 69.6 Å². The Morgan fingerprint density at radius 2 is 1.94 bits per heavy atom. The maximum atomic E-state index is 14.7. The Hall–Kier alpha value is -3.03. The van der Waals surface area contributed by atoms with Crippen LogP contribution in [0.3, 0.4) is 0 Å². The third kappa shape index (κ3) is 7.28. The summed E-state index contributed by atoms with van der Waals surface area (Å²) in [7, 11) is -3.65. The van der Waals surface area contributed by atoms with E-state index >= 15 is 0 Å². The molecule has 3 heterocycles. The van der Waals surface area contributed by atoms with Gasteiger partial charge in [-0.3, -0.25) is 18.9 Å². The highest BCUT2D eigenvalue weighted by Crippen LogP contribution is 2.71. The lowest BCUT2D eigenvalue weighted by molar-refractivity contribution is -0.154. The Morgan fingerprint density at radius 3 is 2.65 bits per heavy atom. The average molecular weight is 679 g/mol. The summed E-state index contributed by atoms with van der Waals surface area (Å²) in [5.74, 6) is -1.23. The maximum absolute atomic E-state index is 14.7. The van der Waals surface area contributed by atoms with Crippen molar-refractivity contribution in [2.24, 2.45) is 23.2 Å². The number of esters is 1. The lowest BCUT2D eigenvalue weighted by Crippen LogP contribution is -2.47. The molecule has 3 fully saturated rings. The van der Waals surface area contributed by atoms with E-state index in [4.69, 9.17) is 9.47 Å². The van der Waals surface area contributed by atoms with Crippen molar-refractivity contribution in [3.63, 3.8) is 0 Å². The van der Waals surface area contributed by atoms with Gasteiger partial charge in [-0.25, -0.2) is 4.98 Å². The zero-order valence-corrected chi connectivity index (χ0v) is 29.6. The summed E-state index contributed by atoms with van der Waals surface area (Å²) < 4.78 is 25.5. The van der Waals surface area contributed by atoms with E-state index in [1.165, 1.54) is 6.66 Å². The second kappa shape index (κ2) is 13.7. The fourth-order valence-electron chi connectivity index (χ4n) is 8.46. The van der Waals surface area contributed by atoms with Gasteiger partial charge < -0.3 is 19.3 Å². The summed E-state index contributed by atoms with van der Waals surface area (Å²) in [6.07, 6.45) is 10.8. The Labute approximate surface area is 284 Å². The second-order valence-electron chi connectivity index (χ2n) is 15.7. The molecule has 1 aromatic carbocycles. The van der Waals surface area contributed by atoms with Crippen molar-refractivity contribution in [1.82, 2.24) is 9.88 Å². The number of aryl methyl sites for hydroxylation is 1. The predicted molar refractivity (Wildman–Crippen MR) is 185 cm³/mol. The number of ether oxygens (including phenoxy) is 2. The first kappa shape index (κ1) is 34.8. The molecular formula is C38H51N2O7P. The molecular weight excluding hydrogens is 627 g/mol. The van der Waals surface area contributed by atoms with Crippen molar-refractivity contribution < 1.29 is 33.3 Å². The fraction of sp³-hybridized carbons (Fsp3) is 0.632. The molecule has 0 spiro atoms. The van der Waals surface area contributed by atoms with Gasteiger partial charge in [0.2, 0.25) is 19.2 Å². The van der Waals surface area contributed by atoms with E-state index in [1.54, 1.807) is 17.2 Å². The number of cyclic esters (lactones) is 1. The van der Waals surface area contributed by atoms with Crippen LogP contribution in [-0.2, 0) is 30.1 Å². The maximum Gasteiger partial charge on any atom is 0.306 e. The van der Waals surface area contributed by atoms with Gasteiger partial charge in [-0.1, -0.05) is 51.3 Å². The van der Waals surface area contributed by atoms with Crippen LogP contribution in [0.2, 0.25) is 0 Å².